The molecule has 0 saturated carbocycles. The quantitative estimate of drug-likeness (QED) is 0.275. The third-order valence-electron chi connectivity index (χ3n) is 7.17. The first-order valence-electron chi connectivity index (χ1n) is 13.9. The maximum Gasteiger partial charge on any atom is 0.256 e. The zero-order valence-electron chi connectivity index (χ0n) is 22.8. The predicted molar refractivity (Wildman–Crippen MR) is 159 cm³/mol. The number of hydrogen-bond donors (Lipinski definition) is 1. The summed E-state index contributed by atoms with van der Waals surface area (Å²) < 4.78 is 5.67. The second kappa shape index (κ2) is 13.1. The van der Waals surface area contributed by atoms with Crippen LogP contribution in [0.2, 0.25) is 0 Å². The van der Waals surface area contributed by atoms with Crippen LogP contribution >= 0.6 is 0 Å². The van der Waals surface area contributed by atoms with E-state index >= 15 is 0 Å². The smallest absolute Gasteiger partial charge is 0.256 e. The van der Waals surface area contributed by atoms with E-state index in [2.05, 4.69) is 58.7 Å². The number of benzene rings is 4. The summed E-state index contributed by atoms with van der Waals surface area (Å²) in [5.41, 5.74) is 3.96. The number of amides is 2. The Kier molecular flexibility index (Phi) is 8.89. The van der Waals surface area contributed by atoms with Crippen LogP contribution in [0.5, 0.6) is 5.75 Å². The van der Waals surface area contributed by atoms with Crippen LogP contribution in [0.4, 0.5) is 5.69 Å². The molecule has 5 rings (SSSR count). The lowest BCUT2D eigenvalue weighted by atomic mass is 9.96. The zero-order valence-corrected chi connectivity index (χ0v) is 22.8. The van der Waals surface area contributed by atoms with Crippen LogP contribution < -0.4 is 10.1 Å². The maximum absolute atomic E-state index is 13.7. The van der Waals surface area contributed by atoms with E-state index in [4.69, 9.17) is 4.74 Å². The number of nitrogens with zero attached hydrogens (tertiary/aromatic N) is 2. The lowest BCUT2D eigenvalue weighted by molar-refractivity contribution is 0.0598. The van der Waals surface area contributed by atoms with Crippen molar-refractivity contribution in [2.75, 3.05) is 38.1 Å². The molecule has 6 nitrogen and oxygen atoms in total. The van der Waals surface area contributed by atoms with Crippen molar-refractivity contribution in [3.63, 3.8) is 0 Å². The van der Waals surface area contributed by atoms with Crippen molar-refractivity contribution >= 4 is 17.5 Å². The number of carbonyl (C=O) groups is 2. The maximum atomic E-state index is 13.7. The third kappa shape index (κ3) is 6.41. The molecule has 6 heteroatoms. The Hall–Kier alpha value is -4.42. The van der Waals surface area contributed by atoms with Crippen molar-refractivity contribution in [2.45, 2.75) is 19.4 Å². The number of carbonyl (C=O) groups excluding carboxylic acids is 2. The number of anilines is 1. The fraction of sp³-hybridized carbons (Fsp3) is 0.235. The number of hydrogen-bond acceptors (Lipinski definition) is 4. The average Bonchev–Trinajstić information content (AvgIpc) is 3.02. The lowest BCUT2D eigenvalue weighted by Crippen LogP contribution is -2.50. The molecule has 0 radical (unpaired) electrons. The Bertz CT molecular complexity index is 1380. The van der Waals surface area contributed by atoms with Crippen LogP contribution in [0.1, 0.15) is 51.2 Å². The fourth-order valence-electron chi connectivity index (χ4n) is 5.16. The highest BCUT2D eigenvalue weighted by Crippen LogP contribution is 2.30. The topological polar surface area (TPSA) is 61.9 Å². The Balaban J connectivity index is 1.28. The summed E-state index contributed by atoms with van der Waals surface area (Å²) in [5, 5.41) is 2.95. The summed E-state index contributed by atoms with van der Waals surface area (Å²) in [6.07, 6.45) is 0.888. The zero-order chi connectivity index (χ0) is 27.7. The van der Waals surface area contributed by atoms with Gasteiger partial charge < -0.3 is 15.0 Å². The van der Waals surface area contributed by atoms with Crippen molar-refractivity contribution in [1.82, 2.24) is 9.80 Å². The minimum absolute atomic E-state index is 0.0773. The molecule has 1 aliphatic heterocycles. The number of para-hydroxylation sites is 1. The van der Waals surface area contributed by atoms with Gasteiger partial charge in [-0.05, 0) is 47.9 Å². The van der Waals surface area contributed by atoms with E-state index in [1.165, 1.54) is 11.1 Å². The second-order valence-corrected chi connectivity index (χ2v) is 9.93. The van der Waals surface area contributed by atoms with E-state index in [-0.39, 0.29) is 17.9 Å². The molecule has 204 valence electrons. The van der Waals surface area contributed by atoms with Gasteiger partial charge in [-0.25, -0.2) is 0 Å². The normalized spacial score (nSPS) is 13.7. The SMILES string of the molecule is CCCOc1cccc(C(=O)Nc2ccccc2C(=O)N2CCN(C(c3ccccc3)c3ccccc3)CC2)c1. The van der Waals surface area contributed by atoms with Gasteiger partial charge in [0.1, 0.15) is 5.75 Å². The third-order valence-corrected chi connectivity index (χ3v) is 7.17. The Morgan fingerprint density at radius 2 is 1.40 bits per heavy atom. The van der Waals surface area contributed by atoms with Gasteiger partial charge in [-0.15, -0.1) is 0 Å². The van der Waals surface area contributed by atoms with Gasteiger partial charge in [0.25, 0.3) is 11.8 Å². The molecule has 2 amide bonds. The van der Waals surface area contributed by atoms with Gasteiger partial charge in [0, 0.05) is 31.7 Å². The van der Waals surface area contributed by atoms with Crippen LogP contribution in [0, 0.1) is 0 Å². The predicted octanol–water partition coefficient (Wildman–Crippen LogP) is 6.28. The van der Waals surface area contributed by atoms with Gasteiger partial charge in [0.2, 0.25) is 0 Å². The Morgan fingerprint density at radius 1 is 0.775 bits per heavy atom. The van der Waals surface area contributed by atoms with Crippen molar-refractivity contribution in [1.29, 1.82) is 0 Å². The standard InChI is InChI=1S/C34H35N3O3/c1-2-24-40-29-17-11-16-28(25-29)33(38)35-31-19-10-9-18-30(31)34(39)37-22-20-36(21-23-37)32(26-12-5-3-6-13-26)27-14-7-4-8-15-27/h3-19,25,32H,2,20-24H2,1H3,(H,35,38). The molecular formula is C34H35N3O3. The number of rotatable bonds is 9. The molecular weight excluding hydrogens is 498 g/mol. The molecule has 0 spiro atoms. The molecule has 1 N–H and O–H groups in total. The first-order chi connectivity index (χ1) is 19.6. The fourth-order valence-corrected chi connectivity index (χ4v) is 5.16. The minimum Gasteiger partial charge on any atom is -0.494 e. The van der Waals surface area contributed by atoms with E-state index in [0.29, 0.717) is 42.3 Å². The van der Waals surface area contributed by atoms with E-state index in [1.807, 2.05) is 42.2 Å². The number of nitrogens with one attached hydrogen (secondary N) is 1. The molecule has 1 aliphatic rings. The molecule has 0 aliphatic carbocycles. The summed E-state index contributed by atoms with van der Waals surface area (Å²) in [4.78, 5) is 31.1. The Morgan fingerprint density at radius 3 is 2.05 bits per heavy atom. The minimum atomic E-state index is -0.277. The summed E-state index contributed by atoms with van der Waals surface area (Å²) >= 11 is 0. The Labute approximate surface area is 236 Å². The molecule has 1 heterocycles. The summed E-state index contributed by atoms with van der Waals surface area (Å²) in [7, 11) is 0. The first kappa shape index (κ1) is 27.2. The van der Waals surface area contributed by atoms with Crippen molar-refractivity contribution in [3.8, 4) is 5.75 Å². The second-order valence-electron chi connectivity index (χ2n) is 9.93. The molecule has 4 aromatic rings. The molecule has 1 saturated heterocycles. The highest BCUT2D eigenvalue weighted by molar-refractivity contribution is 6.09. The van der Waals surface area contributed by atoms with Crippen LogP contribution in [0.15, 0.2) is 109 Å². The largest absolute Gasteiger partial charge is 0.494 e. The number of ether oxygens (including phenoxy) is 1. The molecule has 0 unspecified atom stereocenters. The highest BCUT2D eigenvalue weighted by Gasteiger charge is 2.29. The molecule has 1 fully saturated rings. The summed E-state index contributed by atoms with van der Waals surface area (Å²) in [5.74, 6) is 0.299. The highest BCUT2D eigenvalue weighted by atomic mass is 16.5. The van der Waals surface area contributed by atoms with Crippen LogP contribution in [0.3, 0.4) is 0 Å². The van der Waals surface area contributed by atoms with E-state index in [9.17, 15) is 9.59 Å². The van der Waals surface area contributed by atoms with Gasteiger partial charge >= 0.3 is 0 Å². The van der Waals surface area contributed by atoms with Crippen LogP contribution in [-0.4, -0.2) is 54.4 Å². The van der Waals surface area contributed by atoms with Crippen molar-refractivity contribution in [3.05, 3.63) is 131 Å². The van der Waals surface area contributed by atoms with Gasteiger partial charge in [-0.3, -0.25) is 14.5 Å². The average molecular weight is 534 g/mol. The van der Waals surface area contributed by atoms with Crippen LogP contribution in [-0.2, 0) is 0 Å². The van der Waals surface area contributed by atoms with Gasteiger partial charge in [-0.2, -0.15) is 0 Å². The van der Waals surface area contributed by atoms with Gasteiger partial charge in [0.15, 0.2) is 0 Å². The number of piperazine rings is 1. The molecule has 40 heavy (non-hydrogen) atoms. The van der Waals surface area contributed by atoms with Crippen LogP contribution in [0.25, 0.3) is 0 Å². The molecule has 0 atom stereocenters. The summed E-state index contributed by atoms with van der Waals surface area (Å²) in [6.45, 7) is 5.34. The van der Waals surface area contributed by atoms with E-state index in [0.717, 1.165) is 19.5 Å². The van der Waals surface area contributed by atoms with Gasteiger partial charge in [0.05, 0.1) is 23.9 Å². The van der Waals surface area contributed by atoms with Gasteiger partial charge in [-0.1, -0.05) is 85.8 Å². The first-order valence-corrected chi connectivity index (χ1v) is 13.9. The lowest BCUT2D eigenvalue weighted by Gasteiger charge is -2.40. The van der Waals surface area contributed by atoms with Crippen molar-refractivity contribution in [2.24, 2.45) is 0 Å². The molecule has 4 aromatic carbocycles. The molecule has 0 bridgehead atoms. The molecule has 0 aromatic heterocycles. The van der Waals surface area contributed by atoms with E-state index in [1.54, 1.807) is 30.3 Å². The van der Waals surface area contributed by atoms with Crippen molar-refractivity contribution < 1.29 is 14.3 Å². The monoisotopic (exact) mass is 533 g/mol. The van der Waals surface area contributed by atoms with E-state index < -0.39 is 0 Å². The summed E-state index contributed by atoms with van der Waals surface area (Å²) in [6, 6.07) is 35.5.